The number of carbonyl (C=O) groups is 1. The number of nitrogens with zero attached hydrogens (tertiary/aromatic N) is 1. The fourth-order valence-corrected chi connectivity index (χ4v) is 2.05. The molecule has 2 aromatic rings. The van der Waals surface area contributed by atoms with E-state index in [1.807, 2.05) is 6.92 Å². The molecule has 0 aliphatic rings. The minimum Gasteiger partial charge on any atom is -0.322 e. The maximum atomic E-state index is 12.1. The first-order chi connectivity index (χ1) is 9.60. The van der Waals surface area contributed by atoms with E-state index in [1.165, 1.54) is 0 Å². The maximum Gasteiger partial charge on any atom is 0.255 e. The number of nitriles is 1. The summed E-state index contributed by atoms with van der Waals surface area (Å²) >= 11 is 5.88. The van der Waals surface area contributed by atoms with E-state index in [9.17, 15) is 4.79 Å². The van der Waals surface area contributed by atoms with E-state index in [-0.39, 0.29) is 5.91 Å². The second-order valence-electron chi connectivity index (χ2n) is 4.45. The van der Waals surface area contributed by atoms with Crippen molar-refractivity contribution in [1.82, 2.24) is 0 Å². The van der Waals surface area contributed by atoms with E-state index < -0.39 is 0 Å². The molecule has 0 saturated heterocycles. The Morgan fingerprint density at radius 1 is 1.25 bits per heavy atom. The van der Waals surface area contributed by atoms with Gasteiger partial charge in [0.05, 0.1) is 12.5 Å². The van der Waals surface area contributed by atoms with Gasteiger partial charge in [-0.1, -0.05) is 23.7 Å². The highest BCUT2D eigenvalue weighted by Crippen LogP contribution is 2.20. The average Bonchev–Trinajstić information content (AvgIpc) is 2.43. The van der Waals surface area contributed by atoms with Crippen LogP contribution in [-0.4, -0.2) is 5.91 Å². The van der Waals surface area contributed by atoms with Gasteiger partial charge in [-0.15, -0.1) is 0 Å². The zero-order chi connectivity index (χ0) is 14.5. The molecule has 4 heteroatoms. The summed E-state index contributed by atoms with van der Waals surface area (Å²) in [6, 6.07) is 14.4. The first-order valence-corrected chi connectivity index (χ1v) is 6.51. The van der Waals surface area contributed by atoms with Crippen molar-refractivity contribution in [3.8, 4) is 6.07 Å². The predicted molar refractivity (Wildman–Crippen MR) is 79.9 cm³/mol. The van der Waals surface area contributed by atoms with E-state index in [0.29, 0.717) is 17.0 Å². The monoisotopic (exact) mass is 284 g/mol. The van der Waals surface area contributed by atoms with Crippen LogP contribution in [0.2, 0.25) is 5.02 Å². The average molecular weight is 285 g/mol. The lowest BCUT2D eigenvalue weighted by molar-refractivity contribution is 0.102. The molecule has 0 aliphatic heterocycles. The largest absolute Gasteiger partial charge is 0.322 e. The molecular weight excluding hydrogens is 272 g/mol. The van der Waals surface area contributed by atoms with E-state index >= 15 is 0 Å². The highest BCUT2D eigenvalue weighted by Gasteiger charge is 2.08. The summed E-state index contributed by atoms with van der Waals surface area (Å²) in [6.45, 7) is 1.89. The quantitative estimate of drug-likeness (QED) is 0.927. The van der Waals surface area contributed by atoms with Crippen LogP contribution in [0.3, 0.4) is 0 Å². The van der Waals surface area contributed by atoms with Gasteiger partial charge in [-0.05, 0) is 48.4 Å². The van der Waals surface area contributed by atoms with Gasteiger partial charge in [0.25, 0.3) is 5.91 Å². The number of hydrogen-bond donors (Lipinski definition) is 1. The van der Waals surface area contributed by atoms with Crippen molar-refractivity contribution in [2.24, 2.45) is 0 Å². The molecule has 1 N–H and O–H groups in total. The van der Waals surface area contributed by atoms with Crippen LogP contribution in [0, 0.1) is 18.3 Å². The van der Waals surface area contributed by atoms with Crippen LogP contribution in [0.1, 0.15) is 21.5 Å². The Morgan fingerprint density at radius 2 is 1.95 bits per heavy atom. The summed E-state index contributed by atoms with van der Waals surface area (Å²) in [6.07, 6.45) is 0.345. The third-order valence-corrected chi connectivity index (χ3v) is 3.17. The van der Waals surface area contributed by atoms with Crippen LogP contribution in [-0.2, 0) is 6.42 Å². The Labute approximate surface area is 122 Å². The second-order valence-corrected chi connectivity index (χ2v) is 4.88. The molecule has 0 saturated carbocycles. The Morgan fingerprint density at radius 3 is 2.55 bits per heavy atom. The standard InChI is InChI=1S/C16H13ClN2O/c1-11-10-14(17)6-7-15(11)19-16(20)13-4-2-12(3-5-13)8-9-18/h2-7,10H,8H2,1H3,(H,19,20). The minimum atomic E-state index is -0.182. The first-order valence-electron chi connectivity index (χ1n) is 6.13. The zero-order valence-electron chi connectivity index (χ0n) is 11.0. The molecule has 2 aromatic carbocycles. The summed E-state index contributed by atoms with van der Waals surface area (Å²) in [4.78, 5) is 12.1. The van der Waals surface area contributed by atoms with Gasteiger partial charge in [0.2, 0.25) is 0 Å². The van der Waals surface area contributed by atoms with Crippen molar-refractivity contribution in [2.45, 2.75) is 13.3 Å². The fourth-order valence-electron chi connectivity index (χ4n) is 1.83. The lowest BCUT2D eigenvalue weighted by Gasteiger charge is -2.09. The van der Waals surface area contributed by atoms with Crippen molar-refractivity contribution in [2.75, 3.05) is 5.32 Å². The van der Waals surface area contributed by atoms with Crippen molar-refractivity contribution in [3.05, 3.63) is 64.2 Å². The van der Waals surface area contributed by atoms with Crippen molar-refractivity contribution in [3.63, 3.8) is 0 Å². The molecule has 2 rings (SSSR count). The molecule has 0 aromatic heterocycles. The molecule has 100 valence electrons. The molecule has 0 fully saturated rings. The number of amides is 1. The molecule has 0 radical (unpaired) electrons. The van der Waals surface area contributed by atoms with Gasteiger partial charge < -0.3 is 5.32 Å². The third kappa shape index (κ3) is 3.37. The maximum absolute atomic E-state index is 12.1. The van der Waals surface area contributed by atoms with Crippen LogP contribution >= 0.6 is 11.6 Å². The minimum absolute atomic E-state index is 0.182. The normalized spacial score (nSPS) is 9.85. The topological polar surface area (TPSA) is 52.9 Å². The van der Waals surface area contributed by atoms with Crippen LogP contribution < -0.4 is 5.32 Å². The number of rotatable bonds is 3. The predicted octanol–water partition coefficient (Wildman–Crippen LogP) is 3.97. The van der Waals surface area contributed by atoms with Gasteiger partial charge in [-0.25, -0.2) is 0 Å². The van der Waals surface area contributed by atoms with Crippen LogP contribution in [0.4, 0.5) is 5.69 Å². The van der Waals surface area contributed by atoms with Crippen LogP contribution in [0.25, 0.3) is 0 Å². The number of aryl methyl sites for hydroxylation is 1. The molecule has 0 aliphatic carbocycles. The summed E-state index contributed by atoms with van der Waals surface area (Å²) in [5, 5.41) is 12.1. The molecular formula is C16H13ClN2O. The van der Waals surface area contributed by atoms with Gasteiger partial charge in [0.1, 0.15) is 0 Å². The molecule has 1 amide bonds. The Kier molecular flexibility index (Phi) is 4.39. The van der Waals surface area contributed by atoms with E-state index in [2.05, 4.69) is 11.4 Å². The summed E-state index contributed by atoms with van der Waals surface area (Å²) in [7, 11) is 0. The smallest absolute Gasteiger partial charge is 0.255 e. The van der Waals surface area contributed by atoms with Gasteiger partial charge in [-0.2, -0.15) is 5.26 Å². The van der Waals surface area contributed by atoms with E-state index in [1.54, 1.807) is 42.5 Å². The SMILES string of the molecule is Cc1cc(Cl)ccc1NC(=O)c1ccc(CC#N)cc1. The third-order valence-electron chi connectivity index (χ3n) is 2.94. The summed E-state index contributed by atoms with van der Waals surface area (Å²) in [5.74, 6) is -0.182. The Hall–Kier alpha value is -2.31. The van der Waals surface area contributed by atoms with E-state index in [4.69, 9.17) is 16.9 Å². The number of nitrogens with one attached hydrogen (secondary N) is 1. The molecule has 0 spiro atoms. The Bertz CT molecular complexity index is 672. The number of hydrogen-bond acceptors (Lipinski definition) is 2. The van der Waals surface area contributed by atoms with Crippen molar-refractivity contribution < 1.29 is 4.79 Å². The van der Waals surface area contributed by atoms with E-state index in [0.717, 1.165) is 16.8 Å². The Balaban J connectivity index is 2.13. The molecule has 0 unspecified atom stereocenters. The molecule has 0 atom stereocenters. The van der Waals surface area contributed by atoms with Crippen molar-refractivity contribution >= 4 is 23.2 Å². The van der Waals surface area contributed by atoms with Gasteiger partial charge in [-0.3, -0.25) is 4.79 Å². The lowest BCUT2D eigenvalue weighted by atomic mass is 10.1. The molecule has 20 heavy (non-hydrogen) atoms. The molecule has 0 heterocycles. The number of benzene rings is 2. The van der Waals surface area contributed by atoms with Crippen LogP contribution in [0.5, 0.6) is 0 Å². The summed E-state index contributed by atoms with van der Waals surface area (Å²) < 4.78 is 0. The molecule has 3 nitrogen and oxygen atoms in total. The fraction of sp³-hybridized carbons (Fsp3) is 0.125. The van der Waals surface area contributed by atoms with Gasteiger partial charge >= 0.3 is 0 Å². The highest BCUT2D eigenvalue weighted by atomic mass is 35.5. The first kappa shape index (κ1) is 14.1. The van der Waals surface area contributed by atoms with Crippen molar-refractivity contribution in [1.29, 1.82) is 5.26 Å². The van der Waals surface area contributed by atoms with Gasteiger partial charge in [0, 0.05) is 16.3 Å². The zero-order valence-corrected chi connectivity index (χ0v) is 11.7. The lowest BCUT2D eigenvalue weighted by Crippen LogP contribution is -2.12. The number of halogens is 1. The van der Waals surface area contributed by atoms with Gasteiger partial charge in [0.15, 0.2) is 0 Å². The number of anilines is 1. The number of carbonyl (C=O) groups excluding carboxylic acids is 1. The summed E-state index contributed by atoms with van der Waals surface area (Å²) in [5.41, 5.74) is 3.10. The van der Waals surface area contributed by atoms with Crippen LogP contribution in [0.15, 0.2) is 42.5 Å². The highest BCUT2D eigenvalue weighted by molar-refractivity contribution is 6.30. The second kappa shape index (κ2) is 6.23. The molecule has 0 bridgehead atoms.